The Hall–Kier alpha value is -1.53. The molecule has 0 aliphatic carbocycles. The number of rotatable bonds is 2. The van der Waals surface area contributed by atoms with E-state index in [1.807, 2.05) is 18.2 Å². The maximum absolute atomic E-state index is 11.9. The monoisotopic (exact) mass is 248 g/mol. The minimum Gasteiger partial charge on any atom is -0.345 e. The van der Waals surface area contributed by atoms with Crippen molar-refractivity contribution >= 4 is 34.4 Å². The van der Waals surface area contributed by atoms with Crippen LogP contribution in [0, 0.1) is 0 Å². The Morgan fingerprint density at radius 3 is 3.29 bits per heavy atom. The summed E-state index contributed by atoms with van der Waals surface area (Å²) in [6.45, 7) is 0. The van der Waals surface area contributed by atoms with Gasteiger partial charge in [0.15, 0.2) is 0 Å². The number of nitrogens with zero attached hydrogens (tertiary/aromatic N) is 1. The molecule has 1 aliphatic rings. The lowest BCUT2D eigenvalue weighted by Gasteiger charge is -2.10. The summed E-state index contributed by atoms with van der Waals surface area (Å²) in [5.74, 6) is 1.70. The Balaban J connectivity index is 1.77. The highest BCUT2D eigenvalue weighted by Crippen LogP contribution is 2.17. The molecule has 3 N–H and O–H groups in total. The van der Waals surface area contributed by atoms with Crippen LogP contribution in [0.2, 0.25) is 0 Å². The summed E-state index contributed by atoms with van der Waals surface area (Å²) in [7, 11) is 0. The fraction of sp³-hybridized carbons (Fsp3) is 0.273. The van der Waals surface area contributed by atoms with Gasteiger partial charge in [0.1, 0.15) is 0 Å². The van der Waals surface area contributed by atoms with Crippen LogP contribution < -0.4 is 10.6 Å². The van der Waals surface area contributed by atoms with Gasteiger partial charge in [0.25, 0.3) is 0 Å². The number of amides is 1. The number of nitrogens with one attached hydrogen (secondary N) is 3. The molecule has 1 amide bonds. The van der Waals surface area contributed by atoms with Crippen LogP contribution in [-0.2, 0) is 4.79 Å². The van der Waals surface area contributed by atoms with Crippen molar-refractivity contribution in [1.29, 1.82) is 0 Å². The third-order valence-corrected chi connectivity index (χ3v) is 3.66. The average Bonchev–Trinajstić information content (AvgIpc) is 2.99. The van der Waals surface area contributed by atoms with E-state index in [-0.39, 0.29) is 11.9 Å². The van der Waals surface area contributed by atoms with Crippen LogP contribution in [0.25, 0.3) is 11.0 Å². The first-order valence-electron chi connectivity index (χ1n) is 5.38. The van der Waals surface area contributed by atoms with Gasteiger partial charge in [-0.2, -0.15) is 0 Å². The van der Waals surface area contributed by atoms with E-state index in [4.69, 9.17) is 0 Å². The van der Waals surface area contributed by atoms with Crippen LogP contribution in [0.4, 0.5) is 5.69 Å². The summed E-state index contributed by atoms with van der Waals surface area (Å²) in [4.78, 5) is 19.0. The van der Waals surface area contributed by atoms with Gasteiger partial charge in [-0.1, -0.05) is 0 Å². The first-order valence-corrected chi connectivity index (χ1v) is 6.53. The Kier molecular flexibility index (Phi) is 2.74. The normalized spacial score (nSPS) is 19.6. The van der Waals surface area contributed by atoms with Crippen LogP contribution in [0.3, 0.4) is 0 Å². The van der Waals surface area contributed by atoms with Crippen molar-refractivity contribution in [3.63, 3.8) is 0 Å². The van der Waals surface area contributed by atoms with E-state index in [1.54, 1.807) is 18.1 Å². The lowest BCUT2D eigenvalue weighted by atomic mass is 10.2. The SMILES string of the molecule is O=C(Nc1ccc2nc[nH]c2c1)C1CSCN1. The molecular weight excluding hydrogens is 236 g/mol. The summed E-state index contributed by atoms with van der Waals surface area (Å²) < 4.78 is 0. The number of benzene rings is 1. The molecule has 1 saturated heterocycles. The molecule has 0 radical (unpaired) electrons. The van der Waals surface area contributed by atoms with E-state index < -0.39 is 0 Å². The topological polar surface area (TPSA) is 69.8 Å². The number of carbonyl (C=O) groups excluding carboxylic acids is 1. The van der Waals surface area contributed by atoms with Crippen LogP contribution in [-0.4, -0.2) is 33.5 Å². The Morgan fingerprint density at radius 2 is 2.47 bits per heavy atom. The lowest BCUT2D eigenvalue weighted by molar-refractivity contribution is -0.117. The van der Waals surface area contributed by atoms with Crippen molar-refractivity contribution < 1.29 is 4.79 Å². The zero-order valence-corrected chi connectivity index (χ0v) is 9.88. The molecule has 6 heteroatoms. The fourth-order valence-electron chi connectivity index (χ4n) is 1.81. The van der Waals surface area contributed by atoms with E-state index in [9.17, 15) is 4.79 Å². The van der Waals surface area contributed by atoms with Gasteiger partial charge in [0, 0.05) is 17.3 Å². The number of thioether (sulfide) groups is 1. The highest BCUT2D eigenvalue weighted by molar-refractivity contribution is 7.99. The van der Waals surface area contributed by atoms with Gasteiger partial charge in [0.2, 0.25) is 5.91 Å². The Bertz CT molecular complexity index is 547. The van der Waals surface area contributed by atoms with E-state index >= 15 is 0 Å². The number of H-pyrrole nitrogens is 1. The predicted octanol–water partition coefficient (Wildman–Crippen LogP) is 1.16. The highest BCUT2D eigenvalue weighted by atomic mass is 32.2. The molecule has 1 unspecified atom stereocenters. The molecule has 0 bridgehead atoms. The summed E-state index contributed by atoms with van der Waals surface area (Å²) in [6, 6.07) is 5.56. The van der Waals surface area contributed by atoms with Crippen molar-refractivity contribution in [2.75, 3.05) is 16.9 Å². The molecule has 88 valence electrons. The summed E-state index contributed by atoms with van der Waals surface area (Å²) in [5, 5.41) is 6.04. The lowest BCUT2D eigenvalue weighted by Crippen LogP contribution is -2.37. The molecule has 1 aromatic heterocycles. The molecule has 17 heavy (non-hydrogen) atoms. The number of anilines is 1. The van der Waals surface area contributed by atoms with Crippen LogP contribution in [0.15, 0.2) is 24.5 Å². The van der Waals surface area contributed by atoms with Crippen LogP contribution in [0.1, 0.15) is 0 Å². The Morgan fingerprint density at radius 1 is 1.53 bits per heavy atom. The number of hydrogen-bond donors (Lipinski definition) is 3. The molecule has 1 aliphatic heterocycles. The third-order valence-electron chi connectivity index (χ3n) is 2.72. The molecule has 1 atom stereocenters. The summed E-state index contributed by atoms with van der Waals surface area (Å²) in [5.41, 5.74) is 2.62. The van der Waals surface area contributed by atoms with E-state index in [0.29, 0.717) is 0 Å². The standard InChI is InChI=1S/C11H12N4OS/c16-11(10-4-17-6-14-10)15-7-1-2-8-9(3-7)13-5-12-8/h1-3,5,10,14H,4,6H2,(H,12,13)(H,15,16). The molecule has 1 aromatic carbocycles. The quantitative estimate of drug-likeness (QED) is 0.746. The van der Waals surface area contributed by atoms with E-state index in [0.717, 1.165) is 28.4 Å². The number of aromatic nitrogens is 2. The first kappa shape index (κ1) is 10.6. The maximum Gasteiger partial charge on any atom is 0.242 e. The molecule has 2 aromatic rings. The van der Waals surface area contributed by atoms with Gasteiger partial charge >= 0.3 is 0 Å². The van der Waals surface area contributed by atoms with Gasteiger partial charge < -0.3 is 10.3 Å². The smallest absolute Gasteiger partial charge is 0.242 e. The molecule has 1 fully saturated rings. The zero-order chi connectivity index (χ0) is 11.7. The predicted molar refractivity (Wildman–Crippen MR) is 69.0 cm³/mol. The van der Waals surface area contributed by atoms with Crippen molar-refractivity contribution in [3.05, 3.63) is 24.5 Å². The largest absolute Gasteiger partial charge is 0.345 e. The molecular formula is C11H12N4OS. The molecule has 2 heterocycles. The molecule has 0 spiro atoms. The summed E-state index contributed by atoms with van der Waals surface area (Å²) in [6.07, 6.45) is 1.64. The molecule has 5 nitrogen and oxygen atoms in total. The van der Waals surface area contributed by atoms with Crippen molar-refractivity contribution in [2.24, 2.45) is 0 Å². The highest BCUT2D eigenvalue weighted by Gasteiger charge is 2.22. The molecule has 0 saturated carbocycles. The zero-order valence-electron chi connectivity index (χ0n) is 9.06. The van der Waals surface area contributed by atoms with Crippen LogP contribution in [0.5, 0.6) is 0 Å². The minimum atomic E-state index is -0.0857. The number of carbonyl (C=O) groups is 1. The van der Waals surface area contributed by atoms with Gasteiger partial charge in [-0.25, -0.2) is 4.98 Å². The second-order valence-electron chi connectivity index (χ2n) is 3.90. The third kappa shape index (κ3) is 2.13. The van der Waals surface area contributed by atoms with Gasteiger partial charge in [-0.3, -0.25) is 10.1 Å². The van der Waals surface area contributed by atoms with Gasteiger partial charge in [-0.05, 0) is 18.2 Å². The van der Waals surface area contributed by atoms with Gasteiger partial charge in [0.05, 0.1) is 23.4 Å². The van der Waals surface area contributed by atoms with Crippen LogP contribution >= 0.6 is 11.8 Å². The molecule has 3 rings (SSSR count). The van der Waals surface area contributed by atoms with E-state index in [1.165, 1.54) is 0 Å². The van der Waals surface area contributed by atoms with Crippen molar-refractivity contribution in [3.8, 4) is 0 Å². The number of aromatic amines is 1. The van der Waals surface area contributed by atoms with Crippen molar-refractivity contribution in [2.45, 2.75) is 6.04 Å². The fourth-order valence-corrected chi connectivity index (χ4v) is 2.75. The number of hydrogen-bond acceptors (Lipinski definition) is 4. The second kappa shape index (κ2) is 4.38. The average molecular weight is 248 g/mol. The van der Waals surface area contributed by atoms with Gasteiger partial charge in [-0.15, -0.1) is 11.8 Å². The minimum absolute atomic E-state index is 0.0221. The number of imidazole rings is 1. The summed E-state index contributed by atoms with van der Waals surface area (Å²) >= 11 is 1.74. The van der Waals surface area contributed by atoms with E-state index in [2.05, 4.69) is 20.6 Å². The Labute approximate surface area is 102 Å². The first-order chi connectivity index (χ1) is 8.33. The maximum atomic E-state index is 11.9. The second-order valence-corrected chi connectivity index (χ2v) is 4.93. The van der Waals surface area contributed by atoms with Crippen molar-refractivity contribution in [1.82, 2.24) is 15.3 Å². The number of fused-ring (bicyclic) bond motifs is 1.